The molecule has 0 aromatic rings. The summed E-state index contributed by atoms with van der Waals surface area (Å²) < 4.78 is 15.1. The average Bonchev–Trinajstić information content (AvgIpc) is 2.53. The molecule has 0 aromatic heterocycles. The minimum absolute atomic E-state index is 0.173. The van der Waals surface area contributed by atoms with E-state index in [0.717, 1.165) is 6.21 Å². The molecule has 24 heavy (non-hydrogen) atoms. The van der Waals surface area contributed by atoms with E-state index in [4.69, 9.17) is 19.6 Å². The maximum Gasteiger partial charge on any atom is 0.333 e. The van der Waals surface area contributed by atoms with E-state index in [1.165, 1.54) is 20.8 Å². The molecular weight excluding hydrogens is 314 g/mol. The zero-order valence-electron chi connectivity index (χ0n) is 14.3. The monoisotopic (exact) mass is 337 g/mol. The molecule has 7 nitrogen and oxygen atoms in total. The lowest BCUT2D eigenvalue weighted by Gasteiger charge is -2.28. The van der Waals surface area contributed by atoms with E-state index in [0.29, 0.717) is 0 Å². The molecule has 0 saturated heterocycles. The normalized spacial score (nSPS) is 10.3. The van der Waals surface area contributed by atoms with Crippen molar-refractivity contribution in [3.8, 4) is 0 Å². The molecule has 0 rings (SSSR count). The lowest BCUT2D eigenvalue weighted by Crippen LogP contribution is -2.41. The summed E-state index contributed by atoms with van der Waals surface area (Å²) in [6.07, 6.45) is 0.913. The Balaban J connectivity index is 5.14. The summed E-state index contributed by atoms with van der Waals surface area (Å²) in [5.74, 6) is -2.00. The molecule has 0 aliphatic carbocycles. The summed E-state index contributed by atoms with van der Waals surface area (Å²) in [6, 6.07) is 0. The Morgan fingerprint density at radius 1 is 0.792 bits per heavy atom. The maximum atomic E-state index is 11.6. The Labute approximate surface area is 141 Å². The number of ether oxygens (including phenoxy) is 3. The number of carbonyl (C=O) groups excluding carboxylic acids is 3. The SMILES string of the molecule is C=C(C)C(=O)OCC(C=N)(COC(=O)C(=C)C)COC(=O)C(=C)C. The maximum absolute atomic E-state index is 11.6. The van der Waals surface area contributed by atoms with Gasteiger partial charge in [-0.15, -0.1) is 0 Å². The summed E-state index contributed by atoms with van der Waals surface area (Å²) in [6.45, 7) is 13.8. The second-order valence-electron chi connectivity index (χ2n) is 5.58. The highest BCUT2D eigenvalue weighted by Gasteiger charge is 2.34. The van der Waals surface area contributed by atoms with Crippen LogP contribution >= 0.6 is 0 Å². The molecule has 0 aromatic carbocycles. The third-order valence-corrected chi connectivity index (χ3v) is 2.82. The number of hydrogen-bond donors (Lipinski definition) is 1. The van der Waals surface area contributed by atoms with Crippen LogP contribution in [0.4, 0.5) is 0 Å². The Morgan fingerprint density at radius 3 is 1.21 bits per heavy atom. The van der Waals surface area contributed by atoms with Crippen molar-refractivity contribution in [2.75, 3.05) is 19.8 Å². The molecule has 1 N–H and O–H groups in total. The fourth-order valence-corrected chi connectivity index (χ4v) is 1.25. The van der Waals surface area contributed by atoms with Gasteiger partial charge in [-0.25, -0.2) is 14.4 Å². The lowest BCUT2D eigenvalue weighted by atomic mass is 9.92. The predicted molar refractivity (Wildman–Crippen MR) is 88.5 cm³/mol. The molecule has 0 spiro atoms. The van der Waals surface area contributed by atoms with Crippen molar-refractivity contribution in [3.63, 3.8) is 0 Å². The molecular formula is C17H23NO6. The van der Waals surface area contributed by atoms with Gasteiger partial charge in [0, 0.05) is 22.9 Å². The van der Waals surface area contributed by atoms with E-state index in [2.05, 4.69) is 19.7 Å². The number of nitrogens with one attached hydrogen (secondary N) is 1. The minimum atomic E-state index is -1.32. The van der Waals surface area contributed by atoms with Gasteiger partial charge in [0.2, 0.25) is 0 Å². The standard InChI is InChI=1S/C17H23NO6/c1-11(2)14(19)22-8-17(7-18,9-23-15(20)12(3)4)10-24-16(21)13(5)6/h7,18H,1,3,5,8-10H2,2,4,6H3. The highest BCUT2D eigenvalue weighted by molar-refractivity contribution is 5.88. The molecule has 132 valence electrons. The van der Waals surface area contributed by atoms with Crippen molar-refractivity contribution < 1.29 is 28.6 Å². The van der Waals surface area contributed by atoms with Gasteiger partial charge in [-0.2, -0.15) is 0 Å². The Hall–Kier alpha value is -2.70. The molecule has 7 heteroatoms. The van der Waals surface area contributed by atoms with Crippen molar-refractivity contribution >= 4 is 24.1 Å². The van der Waals surface area contributed by atoms with Gasteiger partial charge in [0.15, 0.2) is 0 Å². The quantitative estimate of drug-likeness (QED) is 0.283. The van der Waals surface area contributed by atoms with Crippen molar-refractivity contribution in [1.29, 1.82) is 5.41 Å². The molecule has 0 bridgehead atoms. The van der Waals surface area contributed by atoms with E-state index in [-0.39, 0.29) is 36.5 Å². The molecule has 0 amide bonds. The van der Waals surface area contributed by atoms with Crippen molar-refractivity contribution in [2.24, 2.45) is 5.41 Å². The highest BCUT2D eigenvalue weighted by atomic mass is 16.6. The number of carbonyl (C=O) groups is 3. The highest BCUT2D eigenvalue weighted by Crippen LogP contribution is 2.19. The molecule has 0 atom stereocenters. The van der Waals surface area contributed by atoms with Crippen LogP contribution in [0.5, 0.6) is 0 Å². The second kappa shape index (κ2) is 9.44. The Bertz CT molecular complexity index is 502. The van der Waals surface area contributed by atoms with Crippen LogP contribution in [0.2, 0.25) is 0 Å². The molecule has 0 heterocycles. The summed E-state index contributed by atoms with van der Waals surface area (Å²) in [7, 11) is 0. The van der Waals surface area contributed by atoms with Crippen molar-refractivity contribution in [2.45, 2.75) is 20.8 Å². The minimum Gasteiger partial charge on any atom is -0.461 e. The van der Waals surface area contributed by atoms with Gasteiger partial charge >= 0.3 is 17.9 Å². The van der Waals surface area contributed by atoms with Gasteiger partial charge in [0.25, 0.3) is 0 Å². The lowest BCUT2D eigenvalue weighted by molar-refractivity contribution is -0.151. The molecule has 0 fully saturated rings. The number of rotatable bonds is 10. The van der Waals surface area contributed by atoms with Crippen LogP contribution in [-0.2, 0) is 28.6 Å². The Kier molecular flexibility index (Phi) is 8.38. The summed E-state index contributed by atoms with van der Waals surface area (Å²) in [5.41, 5.74) is -0.799. The van der Waals surface area contributed by atoms with Crippen LogP contribution in [0.3, 0.4) is 0 Å². The predicted octanol–water partition coefficient (Wildman–Crippen LogP) is 1.98. The van der Waals surface area contributed by atoms with Crippen LogP contribution in [0.15, 0.2) is 36.5 Å². The van der Waals surface area contributed by atoms with E-state index in [9.17, 15) is 14.4 Å². The van der Waals surface area contributed by atoms with E-state index >= 15 is 0 Å². The van der Waals surface area contributed by atoms with Crippen LogP contribution in [0.25, 0.3) is 0 Å². The first kappa shape index (κ1) is 21.3. The van der Waals surface area contributed by atoms with E-state index in [1.54, 1.807) is 0 Å². The molecule has 0 radical (unpaired) electrons. The van der Waals surface area contributed by atoms with Gasteiger partial charge in [0.1, 0.15) is 25.2 Å². The van der Waals surface area contributed by atoms with Crippen LogP contribution in [0.1, 0.15) is 20.8 Å². The molecule has 0 unspecified atom stereocenters. The topological polar surface area (TPSA) is 103 Å². The third kappa shape index (κ3) is 7.04. The fraction of sp³-hybridized carbons (Fsp3) is 0.412. The van der Waals surface area contributed by atoms with Gasteiger partial charge in [-0.3, -0.25) is 0 Å². The third-order valence-electron chi connectivity index (χ3n) is 2.82. The van der Waals surface area contributed by atoms with Gasteiger partial charge in [-0.1, -0.05) is 19.7 Å². The van der Waals surface area contributed by atoms with E-state index in [1.807, 2.05) is 0 Å². The zero-order chi connectivity index (χ0) is 18.9. The first-order valence-corrected chi connectivity index (χ1v) is 7.04. The fourth-order valence-electron chi connectivity index (χ4n) is 1.25. The van der Waals surface area contributed by atoms with Crippen LogP contribution in [-0.4, -0.2) is 43.9 Å². The van der Waals surface area contributed by atoms with Crippen LogP contribution in [0, 0.1) is 10.8 Å². The number of hydrogen-bond acceptors (Lipinski definition) is 7. The van der Waals surface area contributed by atoms with Gasteiger partial charge in [-0.05, 0) is 20.8 Å². The van der Waals surface area contributed by atoms with E-state index < -0.39 is 23.3 Å². The molecule has 0 aliphatic rings. The summed E-state index contributed by atoms with van der Waals surface area (Å²) in [4.78, 5) is 34.7. The average molecular weight is 337 g/mol. The van der Waals surface area contributed by atoms with Crippen LogP contribution < -0.4 is 0 Å². The smallest absolute Gasteiger partial charge is 0.333 e. The first-order valence-electron chi connectivity index (χ1n) is 7.04. The molecule has 0 aliphatic heterocycles. The molecule has 0 saturated carbocycles. The first-order chi connectivity index (χ1) is 11.0. The largest absolute Gasteiger partial charge is 0.461 e. The Morgan fingerprint density at radius 2 is 1.04 bits per heavy atom. The zero-order valence-corrected chi connectivity index (χ0v) is 14.3. The van der Waals surface area contributed by atoms with Crippen molar-refractivity contribution in [1.82, 2.24) is 0 Å². The van der Waals surface area contributed by atoms with Gasteiger partial charge < -0.3 is 19.6 Å². The van der Waals surface area contributed by atoms with Crippen molar-refractivity contribution in [3.05, 3.63) is 36.5 Å². The number of esters is 3. The summed E-state index contributed by atoms with van der Waals surface area (Å²) >= 11 is 0. The summed E-state index contributed by atoms with van der Waals surface area (Å²) in [5, 5.41) is 7.60. The second-order valence-corrected chi connectivity index (χ2v) is 5.58. The van der Waals surface area contributed by atoms with Gasteiger partial charge in [0.05, 0.1) is 0 Å².